The van der Waals surface area contributed by atoms with Gasteiger partial charge in [0.2, 0.25) is 5.95 Å². The maximum Gasteiger partial charge on any atom is 0.261 e. The van der Waals surface area contributed by atoms with Gasteiger partial charge < -0.3 is 4.57 Å². The van der Waals surface area contributed by atoms with E-state index < -0.39 is 0 Å². The lowest BCUT2D eigenvalue weighted by molar-refractivity contribution is 0.102. The summed E-state index contributed by atoms with van der Waals surface area (Å²) in [6.45, 7) is 2.86. The molecule has 0 unspecified atom stereocenters. The van der Waals surface area contributed by atoms with Crippen LogP contribution < -0.4 is 5.32 Å². The van der Waals surface area contributed by atoms with E-state index in [4.69, 9.17) is 11.6 Å². The first-order chi connectivity index (χ1) is 10.7. The third-order valence-electron chi connectivity index (χ3n) is 3.33. The number of benzene rings is 1. The molecule has 1 N–H and O–H groups in total. The Bertz CT molecular complexity index is 828. The molecule has 0 saturated carbocycles. The van der Waals surface area contributed by atoms with Gasteiger partial charge in [-0.1, -0.05) is 30.7 Å². The molecule has 0 radical (unpaired) electrons. The van der Waals surface area contributed by atoms with Gasteiger partial charge in [0.05, 0.1) is 16.6 Å². The molecule has 2 aromatic heterocycles. The van der Waals surface area contributed by atoms with Crippen molar-refractivity contribution in [3.8, 4) is 0 Å². The van der Waals surface area contributed by atoms with Crippen molar-refractivity contribution < 1.29 is 4.79 Å². The van der Waals surface area contributed by atoms with Gasteiger partial charge in [-0.15, -0.1) is 0 Å². The van der Waals surface area contributed by atoms with Crippen molar-refractivity contribution in [3.63, 3.8) is 0 Å². The first-order valence-corrected chi connectivity index (χ1v) is 7.45. The fourth-order valence-corrected chi connectivity index (χ4v) is 2.55. The van der Waals surface area contributed by atoms with Crippen molar-refractivity contribution in [2.24, 2.45) is 0 Å². The highest BCUT2D eigenvalue weighted by molar-refractivity contribution is 6.33. The normalized spacial score (nSPS) is 10.8. The molecule has 0 aliphatic rings. The SMILES string of the molecule is CCCn1c(NC(=O)c2cccnc2Cl)nc2ccccc21. The second-order valence-corrected chi connectivity index (χ2v) is 5.23. The van der Waals surface area contributed by atoms with Gasteiger partial charge >= 0.3 is 0 Å². The predicted molar refractivity (Wildman–Crippen MR) is 87.2 cm³/mol. The number of fused-ring (bicyclic) bond motifs is 1. The first-order valence-electron chi connectivity index (χ1n) is 7.08. The number of nitrogens with zero attached hydrogens (tertiary/aromatic N) is 3. The number of carbonyl (C=O) groups is 1. The molecule has 0 spiro atoms. The summed E-state index contributed by atoms with van der Waals surface area (Å²) in [4.78, 5) is 20.8. The molecule has 6 heteroatoms. The van der Waals surface area contributed by atoms with Crippen LogP contribution in [0.2, 0.25) is 5.15 Å². The molecule has 3 aromatic rings. The number of anilines is 1. The number of nitrogens with one attached hydrogen (secondary N) is 1. The molecule has 112 valence electrons. The summed E-state index contributed by atoms with van der Waals surface area (Å²) in [5.74, 6) is 0.207. The van der Waals surface area contributed by atoms with Crippen LogP contribution in [0.5, 0.6) is 0 Å². The van der Waals surface area contributed by atoms with E-state index >= 15 is 0 Å². The minimum absolute atomic E-state index is 0.179. The standard InChI is InChI=1S/C16H15ClN4O/c1-2-10-21-13-8-4-3-7-12(13)19-16(21)20-15(22)11-6-5-9-18-14(11)17/h3-9H,2,10H2,1H3,(H,19,20,22). The van der Waals surface area contributed by atoms with Crippen LogP contribution in [-0.2, 0) is 6.54 Å². The largest absolute Gasteiger partial charge is 0.310 e. The lowest BCUT2D eigenvalue weighted by Crippen LogP contribution is -2.16. The Morgan fingerprint density at radius 3 is 2.86 bits per heavy atom. The van der Waals surface area contributed by atoms with E-state index in [0.717, 1.165) is 24.0 Å². The molecule has 1 aromatic carbocycles. The number of para-hydroxylation sites is 2. The Labute approximate surface area is 133 Å². The first kappa shape index (κ1) is 14.5. The molecule has 5 nitrogen and oxygen atoms in total. The number of amides is 1. The van der Waals surface area contributed by atoms with E-state index in [2.05, 4.69) is 22.2 Å². The zero-order chi connectivity index (χ0) is 15.5. The Kier molecular flexibility index (Phi) is 4.06. The highest BCUT2D eigenvalue weighted by Gasteiger charge is 2.16. The number of hydrogen-bond acceptors (Lipinski definition) is 3. The summed E-state index contributed by atoms with van der Waals surface area (Å²) in [7, 11) is 0. The predicted octanol–water partition coefficient (Wildman–Crippen LogP) is 3.75. The average molecular weight is 315 g/mol. The highest BCUT2D eigenvalue weighted by Crippen LogP contribution is 2.21. The topological polar surface area (TPSA) is 59.8 Å². The van der Waals surface area contributed by atoms with Crippen LogP contribution in [0, 0.1) is 0 Å². The van der Waals surface area contributed by atoms with Gasteiger partial charge in [0, 0.05) is 12.7 Å². The number of halogens is 1. The minimum Gasteiger partial charge on any atom is -0.310 e. The monoisotopic (exact) mass is 314 g/mol. The van der Waals surface area contributed by atoms with Gasteiger partial charge in [-0.25, -0.2) is 9.97 Å². The number of hydrogen-bond donors (Lipinski definition) is 1. The van der Waals surface area contributed by atoms with Gasteiger partial charge in [-0.05, 0) is 30.7 Å². The molecule has 1 amide bonds. The number of aromatic nitrogens is 3. The maximum atomic E-state index is 12.4. The Balaban J connectivity index is 1.98. The van der Waals surface area contributed by atoms with Gasteiger partial charge in [0.15, 0.2) is 0 Å². The number of imidazole rings is 1. The third kappa shape index (κ3) is 2.67. The molecule has 3 rings (SSSR count). The Morgan fingerprint density at radius 1 is 1.27 bits per heavy atom. The molecule has 0 fully saturated rings. The molecule has 2 heterocycles. The van der Waals surface area contributed by atoms with E-state index in [9.17, 15) is 4.79 Å². The van der Waals surface area contributed by atoms with Crippen molar-refractivity contribution in [2.45, 2.75) is 19.9 Å². The maximum absolute atomic E-state index is 12.4. The summed E-state index contributed by atoms with van der Waals surface area (Å²) in [6, 6.07) is 11.1. The number of carbonyl (C=O) groups excluding carboxylic acids is 1. The van der Waals surface area contributed by atoms with E-state index in [-0.39, 0.29) is 11.1 Å². The average Bonchev–Trinajstić information content (AvgIpc) is 2.86. The van der Waals surface area contributed by atoms with Crippen molar-refractivity contribution in [2.75, 3.05) is 5.32 Å². The second-order valence-electron chi connectivity index (χ2n) is 4.87. The van der Waals surface area contributed by atoms with Crippen molar-refractivity contribution in [1.82, 2.24) is 14.5 Å². The lowest BCUT2D eigenvalue weighted by atomic mass is 10.3. The highest BCUT2D eigenvalue weighted by atomic mass is 35.5. The molecule has 0 bridgehead atoms. The summed E-state index contributed by atoms with van der Waals surface area (Å²) < 4.78 is 2.00. The molecule has 0 atom stereocenters. The Hall–Kier alpha value is -2.40. The Morgan fingerprint density at radius 2 is 2.09 bits per heavy atom. The zero-order valence-electron chi connectivity index (χ0n) is 12.1. The van der Waals surface area contributed by atoms with Gasteiger partial charge in [0.1, 0.15) is 5.15 Å². The zero-order valence-corrected chi connectivity index (χ0v) is 12.8. The van der Waals surface area contributed by atoms with E-state index in [1.807, 2.05) is 28.8 Å². The fourth-order valence-electron chi connectivity index (χ4n) is 2.35. The quantitative estimate of drug-likeness (QED) is 0.746. The lowest BCUT2D eigenvalue weighted by Gasteiger charge is -2.09. The van der Waals surface area contributed by atoms with Gasteiger partial charge in [0.25, 0.3) is 5.91 Å². The fraction of sp³-hybridized carbons (Fsp3) is 0.188. The molecule has 0 saturated heterocycles. The smallest absolute Gasteiger partial charge is 0.261 e. The van der Waals surface area contributed by atoms with Crippen LogP contribution in [0.1, 0.15) is 23.7 Å². The van der Waals surface area contributed by atoms with E-state index in [1.165, 1.54) is 0 Å². The van der Waals surface area contributed by atoms with E-state index in [1.54, 1.807) is 18.3 Å². The van der Waals surface area contributed by atoms with Gasteiger partial charge in [-0.2, -0.15) is 0 Å². The van der Waals surface area contributed by atoms with Crippen LogP contribution in [0.25, 0.3) is 11.0 Å². The van der Waals surface area contributed by atoms with Crippen molar-refractivity contribution in [1.29, 1.82) is 0 Å². The molecular formula is C16H15ClN4O. The number of rotatable bonds is 4. The summed E-state index contributed by atoms with van der Waals surface area (Å²) in [6.07, 6.45) is 2.49. The second kappa shape index (κ2) is 6.15. The summed E-state index contributed by atoms with van der Waals surface area (Å²) in [5, 5.41) is 3.01. The minimum atomic E-state index is -0.314. The van der Waals surface area contributed by atoms with Crippen LogP contribution >= 0.6 is 11.6 Å². The van der Waals surface area contributed by atoms with Crippen LogP contribution in [0.3, 0.4) is 0 Å². The molecule has 0 aliphatic heterocycles. The summed E-state index contributed by atoms with van der Waals surface area (Å²) in [5.41, 5.74) is 2.18. The van der Waals surface area contributed by atoms with Crippen LogP contribution in [0.15, 0.2) is 42.6 Å². The molecule has 0 aliphatic carbocycles. The summed E-state index contributed by atoms with van der Waals surface area (Å²) >= 11 is 5.97. The van der Waals surface area contributed by atoms with Gasteiger partial charge in [-0.3, -0.25) is 10.1 Å². The number of aryl methyl sites for hydroxylation is 1. The third-order valence-corrected chi connectivity index (χ3v) is 3.63. The van der Waals surface area contributed by atoms with Crippen molar-refractivity contribution in [3.05, 3.63) is 53.3 Å². The number of pyridine rings is 1. The molecular weight excluding hydrogens is 300 g/mol. The van der Waals surface area contributed by atoms with Crippen LogP contribution in [-0.4, -0.2) is 20.4 Å². The van der Waals surface area contributed by atoms with Crippen molar-refractivity contribution >= 4 is 34.5 Å². The van der Waals surface area contributed by atoms with E-state index in [0.29, 0.717) is 11.5 Å². The van der Waals surface area contributed by atoms with Crippen LogP contribution in [0.4, 0.5) is 5.95 Å². The molecule has 22 heavy (non-hydrogen) atoms.